The smallest absolute Gasteiger partial charge is 0.223 e. The molecule has 132 valence electrons. The van der Waals surface area contributed by atoms with Crippen LogP contribution in [0, 0.1) is 5.92 Å². The average Bonchev–Trinajstić information content (AvgIpc) is 3.43. The van der Waals surface area contributed by atoms with Gasteiger partial charge in [0, 0.05) is 36.8 Å². The van der Waals surface area contributed by atoms with E-state index >= 15 is 0 Å². The number of hydrogen-bond donors (Lipinski definition) is 1. The molecule has 1 aliphatic carbocycles. The molecule has 1 N–H and O–H groups in total. The Hall–Kier alpha value is -2.00. The van der Waals surface area contributed by atoms with Gasteiger partial charge in [0.1, 0.15) is 0 Å². The number of benzene rings is 2. The van der Waals surface area contributed by atoms with E-state index in [1.54, 1.807) is 0 Å². The van der Waals surface area contributed by atoms with E-state index in [0.29, 0.717) is 0 Å². The molecule has 1 saturated carbocycles. The van der Waals surface area contributed by atoms with Crippen molar-refractivity contribution >= 4 is 23.2 Å². The fraction of sp³-hybridized carbons (Fsp3) is 0.381. The molecule has 0 radical (unpaired) electrons. The van der Waals surface area contributed by atoms with E-state index in [2.05, 4.69) is 41.5 Å². The van der Waals surface area contributed by atoms with Gasteiger partial charge < -0.3 is 10.2 Å². The van der Waals surface area contributed by atoms with Crippen molar-refractivity contribution in [3.63, 3.8) is 0 Å². The van der Waals surface area contributed by atoms with Gasteiger partial charge in [-0.15, -0.1) is 0 Å². The van der Waals surface area contributed by atoms with Gasteiger partial charge in [-0.05, 0) is 48.9 Å². The summed E-state index contributed by atoms with van der Waals surface area (Å²) in [5.74, 6) is 0.547. The molecule has 3 rings (SSSR count). The highest BCUT2D eigenvalue weighted by Gasteiger charge is 2.44. The van der Waals surface area contributed by atoms with Crippen LogP contribution in [0.2, 0.25) is 5.02 Å². The second-order valence-corrected chi connectivity index (χ2v) is 7.13. The number of carbonyl (C=O) groups is 1. The Bertz CT molecular complexity index is 704. The summed E-state index contributed by atoms with van der Waals surface area (Å²) in [5.41, 5.74) is 2.33. The molecule has 25 heavy (non-hydrogen) atoms. The zero-order valence-electron chi connectivity index (χ0n) is 14.6. The molecule has 4 heteroatoms. The Morgan fingerprint density at radius 3 is 2.60 bits per heavy atom. The van der Waals surface area contributed by atoms with E-state index in [0.717, 1.165) is 42.9 Å². The summed E-state index contributed by atoms with van der Waals surface area (Å²) < 4.78 is 0. The number of para-hydroxylation sites is 1. The number of anilines is 1. The summed E-state index contributed by atoms with van der Waals surface area (Å²) in [7, 11) is 2.10. The number of nitrogens with zero attached hydrogens (tertiary/aromatic N) is 1. The third kappa shape index (κ3) is 4.76. The van der Waals surface area contributed by atoms with Gasteiger partial charge in [0.15, 0.2) is 0 Å². The number of halogens is 1. The molecule has 2 atom stereocenters. The molecule has 0 aliphatic heterocycles. The van der Waals surface area contributed by atoms with Crippen LogP contribution < -0.4 is 10.2 Å². The lowest BCUT2D eigenvalue weighted by atomic mass is 10.1. The van der Waals surface area contributed by atoms with Crippen LogP contribution >= 0.6 is 11.6 Å². The van der Waals surface area contributed by atoms with Gasteiger partial charge in [-0.3, -0.25) is 4.79 Å². The number of hydrogen-bond acceptors (Lipinski definition) is 2. The largest absolute Gasteiger partial charge is 0.375 e. The van der Waals surface area contributed by atoms with Gasteiger partial charge in [0.05, 0.1) is 0 Å². The van der Waals surface area contributed by atoms with Crippen LogP contribution in [-0.2, 0) is 4.79 Å². The Labute approximate surface area is 155 Å². The molecule has 1 fully saturated rings. The SMILES string of the molecule is CN(CCCCNC(=O)C1CC1c1ccccc1Cl)c1ccccc1. The molecule has 0 heterocycles. The fourth-order valence-corrected chi connectivity index (χ4v) is 3.51. The highest BCUT2D eigenvalue weighted by Crippen LogP contribution is 2.49. The fourth-order valence-electron chi connectivity index (χ4n) is 3.23. The van der Waals surface area contributed by atoms with Gasteiger partial charge in [-0.25, -0.2) is 0 Å². The van der Waals surface area contributed by atoms with Crippen molar-refractivity contribution < 1.29 is 4.79 Å². The summed E-state index contributed by atoms with van der Waals surface area (Å²) in [6.07, 6.45) is 2.96. The molecule has 3 nitrogen and oxygen atoms in total. The molecular formula is C21H25ClN2O. The minimum absolute atomic E-state index is 0.0897. The Balaban J connectivity index is 1.33. The summed E-state index contributed by atoms with van der Waals surface area (Å²) >= 11 is 6.22. The molecule has 0 saturated heterocycles. The van der Waals surface area contributed by atoms with E-state index in [4.69, 9.17) is 11.6 Å². The highest BCUT2D eigenvalue weighted by atomic mass is 35.5. The first-order valence-electron chi connectivity index (χ1n) is 8.95. The minimum atomic E-state index is 0.0897. The van der Waals surface area contributed by atoms with E-state index in [1.807, 2.05) is 30.3 Å². The van der Waals surface area contributed by atoms with Crippen LogP contribution in [-0.4, -0.2) is 26.0 Å². The average molecular weight is 357 g/mol. The first kappa shape index (κ1) is 17.8. The quantitative estimate of drug-likeness (QED) is 0.707. The van der Waals surface area contributed by atoms with Crippen molar-refractivity contribution in [3.05, 3.63) is 65.2 Å². The summed E-state index contributed by atoms with van der Waals surface area (Å²) in [4.78, 5) is 14.5. The first-order valence-corrected chi connectivity index (χ1v) is 9.33. The minimum Gasteiger partial charge on any atom is -0.375 e. The van der Waals surface area contributed by atoms with E-state index in [9.17, 15) is 4.79 Å². The highest BCUT2D eigenvalue weighted by molar-refractivity contribution is 6.31. The van der Waals surface area contributed by atoms with Crippen LogP contribution in [0.4, 0.5) is 5.69 Å². The van der Waals surface area contributed by atoms with Crippen molar-refractivity contribution in [1.29, 1.82) is 0 Å². The van der Waals surface area contributed by atoms with Crippen molar-refractivity contribution in [2.75, 3.05) is 25.0 Å². The Kier molecular flexibility index (Phi) is 5.98. The second kappa shape index (κ2) is 8.39. The van der Waals surface area contributed by atoms with Crippen LogP contribution in [0.5, 0.6) is 0 Å². The van der Waals surface area contributed by atoms with Gasteiger partial charge >= 0.3 is 0 Å². The van der Waals surface area contributed by atoms with Gasteiger partial charge in [-0.2, -0.15) is 0 Å². The summed E-state index contributed by atoms with van der Waals surface area (Å²) in [5, 5.41) is 3.85. The van der Waals surface area contributed by atoms with E-state index in [1.165, 1.54) is 5.69 Å². The van der Waals surface area contributed by atoms with Crippen molar-refractivity contribution in [1.82, 2.24) is 5.32 Å². The molecule has 0 aromatic heterocycles. The summed E-state index contributed by atoms with van der Waals surface area (Å²) in [6.45, 7) is 1.73. The molecule has 1 amide bonds. The predicted molar refractivity (Wildman–Crippen MR) is 104 cm³/mol. The predicted octanol–water partition coefficient (Wildman–Crippen LogP) is 4.48. The number of carbonyl (C=O) groups excluding carboxylic acids is 1. The maximum Gasteiger partial charge on any atom is 0.223 e. The molecule has 0 spiro atoms. The monoisotopic (exact) mass is 356 g/mol. The lowest BCUT2D eigenvalue weighted by Crippen LogP contribution is -2.27. The topological polar surface area (TPSA) is 32.3 Å². The lowest BCUT2D eigenvalue weighted by Gasteiger charge is -2.19. The zero-order chi connectivity index (χ0) is 17.6. The molecule has 0 bridgehead atoms. The maximum atomic E-state index is 12.3. The van der Waals surface area contributed by atoms with Gasteiger partial charge in [-0.1, -0.05) is 48.0 Å². The number of nitrogens with one attached hydrogen (secondary N) is 1. The van der Waals surface area contributed by atoms with Gasteiger partial charge in [0.2, 0.25) is 5.91 Å². The molecule has 2 aromatic carbocycles. The molecule has 2 unspecified atom stereocenters. The third-order valence-electron chi connectivity index (χ3n) is 4.85. The first-order chi connectivity index (χ1) is 12.2. The molecule has 1 aliphatic rings. The van der Waals surface area contributed by atoms with Crippen LogP contribution in [0.3, 0.4) is 0 Å². The van der Waals surface area contributed by atoms with Crippen LogP contribution in [0.25, 0.3) is 0 Å². The zero-order valence-corrected chi connectivity index (χ0v) is 15.4. The number of unbranched alkanes of at least 4 members (excludes halogenated alkanes) is 1. The van der Waals surface area contributed by atoms with Crippen molar-refractivity contribution in [2.24, 2.45) is 5.92 Å². The van der Waals surface area contributed by atoms with Crippen LogP contribution in [0.15, 0.2) is 54.6 Å². The van der Waals surface area contributed by atoms with E-state index in [-0.39, 0.29) is 17.7 Å². The maximum absolute atomic E-state index is 12.3. The molecule has 2 aromatic rings. The standard InChI is InChI=1S/C21H25ClN2O/c1-24(16-9-3-2-4-10-16)14-8-7-13-23-21(25)19-15-18(19)17-11-5-6-12-20(17)22/h2-6,9-12,18-19H,7-8,13-15H2,1H3,(H,23,25). The lowest BCUT2D eigenvalue weighted by molar-refractivity contribution is -0.122. The number of rotatable bonds is 8. The number of amides is 1. The third-order valence-corrected chi connectivity index (χ3v) is 5.19. The Morgan fingerprint density at radius 1 is 1.12 bits per heavy atom. The Morgan fingerprint density at radius 2 is 1.84 bits per heavy atom. The molecular weight excluding hydrogens is 332 g/mol. The normalized spacial score (nSPS) is 18.6. The van der Waals surface area contributed by atoms with Crippen molar-refractivity contribution in [3.8, 4) is 0 Å². The van der Waals surface area contributed by atoms with Gasteiger partial charge in [0.25, 0.3) is 0 Å². The van der Waals surface area contributed by atoms with E-state index < -0.39 is 0 Å². The van der Waals surface area contributed by atoms with Crippen LogP contribution in [0.1, 0.15) is 30.7 Å². The van der Waals surface area contributed by atoms with Crippen molar-refractivity contribution in [2.45, 2.75) is 25.2 Å². The second-order valence-electron chi connectivity index (χ2n) is 6.73. The summed E-state index contributed by atoms with van der Waals surface area (Å²) in [6, 6.07) is 18.2.